The van der Waals surface area contributed by atoms with Crippen LogP contribution in [0.25, 0.3) is 0 Å². The number of aryl methyl sites for hydroxylation is 1. The second kappa shape index (κ2) is 5.79. The summed E-state index contributed by atoms with van der Waals surface area (Å²) in [6.45, 7) is 8.20. The van der Waals surface area contributed by atoms with Crippen LogP contribution < -0.4 is 11.1 Å². The van der Waals surface area contributed by atoms with Crippen LogP contribution in [0.2, 0.25) is 0 Å². The topological polar surface area (TPSA) is 71.2 Å². The number of anilines is 2. The molecule has 3 N–H and O–H groups in total. The first-order chi connectivity index (χ1) is 9.38. The normalized spacial score (nSPS) is 18.1. The fourth-order valence-electron chi connectivity index (χ4n) is 2.66. The van der Waals surface area contributed by atoms with Gasteiger partial charge in [-0.2, -0.15) is 0 Å². The van der Waals surface area contributed by atoms with E-state index in [1.54, 1.807) is 12.3 Å². The molecule has 1 amide bonds. The number of aromatic nitrogens is 1. The van der Waals surface area contributed by atoms with Crippen molar-refractivity contribution in [3.05, 3.63) is 18.0 Å². The number of rotatable bonds is 4. The molecule has 0 saturated carbocycles. The molecule has 5 heteroatoms. The maximum Gasteiger partial charge on any atom is 0.225 e. The molecule has 0 aromatic carbocycles. The summed E-state index contributed by atoms with van der Waals surface area (Å²) in [5.74, 6) is 0.0118. The summed E-state index contributed by atoms with van der Waals surface area (Å²) in [6.07, 6.45) is 4.56. The van der Waals surface area contributed by atoms with Crippen LogP contribution in [0.5, 0.6) is 0 Å². The Bertz CT molecular complexity index is 499. The van der Waals surface area contributed by atoms with E-state index in [1.165, 1.54) is 12.8 Å². The van der Waals surface area contributed by atoms with Gasteiger partial charge in [0.1, 0.15) is 0 Å². The number of hydrogen-bond donors (Lipinski definition) is 2. The van der Waals surface area contributed by atoms with Gasteiger partial charge < -0.3 is 11.1 Å². The van der Waals surface area contributed by atoms with E-state index in [4.69, 9.17) is 5.73 Å². The van der Waals surface area contributed by atoms with E-state index < -0.39 is 0 Å². The number of likely N-dealkylation sites (tertiary alicyclic amines) is 1. The number of hydrogen-bond acceptors (Lipinski definition) is 4. The molecule has 0 radical (unpaired) electrons. The van der Waals surface area contributed by atoms with Crippen molar-refractivity contribution in [3.63, 3.8) is 0 Å². The number of carbonyl (C=O) groups excluding carboxylic acids is 1. The minimum atomic E-state index is 0.0118. The van der Waals surface area contributed by atoms with E-state index in [0.717, 1.165) is 18.8 Å². The number of nitrogen functional groups attached to an aromatic ring is 1. The largest absolute Gasteiger partial charge is 0.397 e. The lowest BCUT2D eigenvalue weighted by molar-refractivity contribution is -0.116. The molecule has 2 rings (SSSR count). The Hall–Kier alpha value is -1.62. The zero-order valence-corrected chi connectivity index (χ0v) is 12.6. The molecule has 0 unspecified atom stereocenters. The third-order valence-corrected chi connectivity index (χ3v) is 4.09. The van der Waals surface area contributed by atoms with Crippen LogP contribution in [-0.4, -0.2) is 34.4 Å². The highest BCUT2D eigenvalue weighted by Gasteiger charge is 2.31. The lowest BCUT2D eigenvalue weighted by atomic mass is 10.0. The zero-order chi connectivity index (χ0) is 14.8. The van der Waals surface area contributed by atoms with Crippen LogP contribution in [-0.2, 0) is 4.79 Å². The molecule has 0 spiro atoms. The number of nitrogens with one attached hydrogen (secondary N) is 1. The van der Waals surface area contributed by atoms with Crippen LogP contribution in [0.4, 0.5) is 11.4 Å². The predicted octanol–water partition coefficient (Wildman–Crippen LogP) is 2.18. The Kier molecular flexibility index (Phi) is 4.28. The second-order valence-electron chi connectivity index (χ2n) is 6.10. The maximum atomic E-state index is 12.0. The number of nitrogens with two attached hydrogens (primary N) is 1. The van der Waals surface area contributed by atoms with Crippen molar-refractivity contribution in [3.8, 4) is 0 Å². The van der Waals surface area contributed by atoms with Crippen molar-refractivity contribution in [2.24, 2.45) is 0 Å². The van der Waals surface area contributed by atoms with Gasteiger partial charge >= 0.3 is 0 Å². The molecule has 0 aliphatic carbocycles. The fourth-order valence-corrected chi connectivity index (χ4v) is 2.66. The highest BCUT2D eigenvalue weighted by atomic mass is 16.1. The van der Waals surface area contributed by atoms with Crippen LogP contribution in [0, 0.1) is 6.92 Å². The SMILES string of the molecule is Cc1ncc(NC(=O)CCN2CCCC2(C)C)cc1N. The van der Waals surface area contributed by atoms with E-state index in [-0.39, 0.29) is 11.4 Å². The molecule has 1 aliphatic rings. The number of pyridine rings is 1. The maximum absolute atomic E-state index is 12.0. The van der Waals surface area contributed by atoms with Gasteiger partial charge in [-0.05, 0) is 46.2 Å². The lowest BCUT2D eigenvalue weighted by Gasteiger charge is -2.31. The highest BCUT2D eigenvalue weighted by molar-refractivity contribution is 5.91. The smallest absolute Gasteiger partial charge is 0.225 e. The summed E-state index contributed by atoms with van der Waals surface area (Å²) in [5, 5.41) is 2.85. The quantitative estimate of drug-likeness (QED) is 0.884. The van der Waals surface area contributed by atoms with Gasteiger partial charge in [0.2, 0.25) is 5.91 Å². The van der Waals surface area contributed by atoms with E-state index in [9.17, 15) is 4.79 Å². The number of carbonyl (C=O) groups is 1. The summed E-state index contributed by atoms with van der Waals surface area (Å²) in [7, 11) is 0. The van der Waals surface area contributed by atoms with Crippen molar-refractivity contribution in [2.45, 2.75) is 45.6 Å². The third kappa shape index (κ3) is 3.48. The number of amides is 1. The molecule has 1 aliphatic heterocycles. The summed E-state index contributed by atoms with van der Waals surface area (Å²) >= 11 is 0. The molecule has 110 valence electrons. The summed E-state index contributed by atoms with van der Waals surface area (Å²) in [6, 6.07) is 1.75. The average Bonchev–Trinajstić information content (AvgIpc) is 2.70. The van der Waals surface area contributed by atoms with Crippen LogP contribution in [0.1, 0.15) is 38.8 Å². The Morgan fingerprint density at radius 2 is 2.30 bits per heavy atom. The Morgan fingerprint density at radius 3 is 2.90 bits per heavy atom. The van der Waals surface area contributed by atoms with Gasteiger partial charge in [0, 0.05) is 18.5 Å². The zero-order valence-electron chi connectivity index (χ0n) is 12.6. The van der Waals surface area contributed by atoms with Gasteiger partial charge in [-0.3, -0.25) is 14.7 Å². The molecule has 1 fully saturated rings. The monoisotopic (exact) mass is 276 g/mol. The first-order valence-electron chi connectivity index (χ1n) is 7.15. The van der Waals surface area contributed by atoms with Gasteiger partial charge in [0.15, 0.2) is 0 Å². The van der Waals surface area contributed by atoms with Gasteiger partial charge in [0.05, 0.1) is 23.3 Å². The summed E-state index contributed by atoms with van der Waals surface area (Å²) in [5.41, 5.74) is 8.05. The van der Waals surface area contributed by atoms with Crippen LogP contribution in [0.3, 0.4) is 0 Å². The second-order valence-corrected chi connectivity index (χ2v) is 6.10. The minimum Gasteiger partial charge on any atom is -0.397 e. The molecule has 0 atom stereocenters. The van der Waals surface area contributed by atoms with Gasteiger partial charge in [-0.15, -0.1) is 0 Å². The molecule has 1 saturated heterocycles. The predicted molar refractivity (Wildman–Crippen MR) is 81.5 cm³/mol. The average molecular weight is 276 g/mol. The molecule has 20 heavy (non-hydrogen) atoms. The van der Waals surface area contributed by atoms with Crippen molar-refractivity contribution in [1.29, 1.82) is 0 Å². The Balaban J connectivity index is 1.85. The van der Waals surface area contributed by atoms with E-state index >= 15 is 0 Å². The number of nitrogens with zero attached hydrogens (tertiary/aromatic N) is 2. The summed E-state index contributed by atoms with van der Waals surface area (Å²) < 4.78 is 0. The first kappa shape index (κ1) is 14.8. The first-order valence-corrected chi connectivity index (χ1v) is 7.15. The molecular formula is C15H24N4O. The summed E-state index contributed by atoms with van der Waals surface area (Å²) in [4.78, 5) is 18.5. The molecule has 1 aromatic rings. The van der Waals surface area contributed by atoms with E-state index in [1.807, 2.05) is 6.92 Å². The highest BCUT2D eigenvalue weighted by Crippen LogP contribution is 2.28. The Labute approximate surface area is 120 Å². The van der Waals surface area contributed by atoms with Gasteiger partial charge in [0.25, 0.3) is 0 Å². The van der Waals surface area contributed by atoms with Crippen molar-refractivity contribution in [1.82, 2.24) is 9.88 Å². The fraction of sp³-hybridized carbons (Fsp3) is 0.600. The van der Waals surface area contributed by atoms with Crippen molar-refractivity contribution < 1.29 is 4.79 Å². The van der Waals surface area contributed by atoms with E-state index in [0.29, 0.717) is 17.8 Å². The minimum absolute atomic E-state index is 0.0118. The van der Waals surface area contributed by atoms with Crippen LogP contribution in [0.15, 0.2) is 12.3 Å². The standard InChI is InChI=1S/C15H24N4O/c1-11-13(16)9-12(10-17-11)18-14(20)5-8-19-7-4-6-15(19,2)3/h9-10H,4-8,16H2,1-3H3,(H,18,20). The van der Waals surface area contributed by atoms with Gasteiger partial charge in [-0.25, -0.2) is 0 Å². The van der Waals surface area contributed by atoms with Crippen molar-refractivity contribution in [2.75, 3.05) is 24.1 Å². The molecular weight excluding hydrogens is 252 g/mol. The molecule has 1 aromatic heterocycles. The van der Waals surface area contributed by atoms with E-state index in [2.05, 4.69) is 29.0 Å². The Morgan fingerprint density at radius 1 is 1.55 bits per heavy atom. The van der Waals surface area contributed by atoms with Crippen molar-refractivity contribution >= 4 is 17.3 Å². The third-order valence-electron chi connectivity index (χ3n) is 4.09. The molecule has 0 bridgehead atoms. The molecule has 2 heterocycles. The lowest BCUT2D eigenvalue weighted by Crippen LogP contribution is -2.39. The molecule has 5 nitrogen and oxygen atoms in total. The van der Waals surface area contributed by atoms with Gasteiger partial charge in [-0.1, -0.05) is 0 Å². The van der Waals surface area contributed by atoms with Crippen LogP contribution >= 0.6 is 0 Å².